The molecule has 0 unspecified atom stereocenters. The molecule has 35 heavy (non-hydrogen) atoms. The Kier molecular flexibility index (Phi) is 6.12. The quantitative estimate of drug-likeness (QED) is 0.474. The second kappa shape index (κ2) is 8.79. The fourth-order valence-corrected chi connectivity index (χ4v) is 4.39. The molecule has 9 heteroatoms. The van der Waals surface area contributed by atoms with Crippen LogP contribution in [0.1, 0.15) is 49.3 Å². The average Bonchev–Trinajstić information content (AvgIpc) is 3.09. The third-order valence-corrected chi connectivity index (χ3v) is 5.67. The number of esters is 1. The molecule has 2 heterocycles. The maximum Gasteiger partial charge on any atom is 0.573 e. The van der Waals surface area contributed by atoms with Gasteiger partial charge in [0.25, 0.3) is 5.91 Å². The molecule has 3 aromatic rings. The van der Waals surface area contributed by atoms with Crippen LogP contribution < -0.4 is 4.74 Å². The molecular weight excluding hydrogens is 461 g/mol. The van der Waals surface area contributed by atoms with Gasteiger partial charge in [-0.15, -0.1) is 13.2 Å². The van der Waals surface area contributed by atoms with E-state index in [1.165, 1.54) is 29.3 Å². The van der Waals surface area contributed by atoms with E-state index in [1.807, 2.05) is 38.1 Å². The van der Waals surface area contributed by atoms with Crippen molar-refractivity contribution in [2.45, 2.75) is 45.6 Å². The van der Waals surface area contributed by atoms with Gasteiger partial charge in [-0.1, -0.05) is 44.2 Å². The number of H-pyrrole nitrogens is 1. The number of nitrogens with zero attached hydrogens (tertiary/aromatic N) is 1. The van der Waals surface area contributed by atoms with E-state index in [0.717, 1.165) is 22.5 Å². The number of rotatable bonds is 4. The molecule has 0 aliphatic carbocycles. The first-order valence-electron chi connectivity index (χ1n) is 11.1. The molecule has 6 nitrogen and oxygen atoms in total. The molecule has 184 valence electrons. The molecule has 1 aliphatic heterocycles. The number of aromatic nitrogens is 1. The summed E-state index contributed by atoms with van der Waals surface area (Å²) in [4.78, 5) is 31.2. The largest absolute Gasteiger partial charge is 0.573 e. The molecule has 0 saturated carbocycles. The lowest BCUT2D eigenvalue weighted by molar-refractivity contribution is -0.274. The van der Waals surface area contributed by atoms with Gasteiger partial charge in [0.2, 0.25) is 0 Å². The van der Waals surface area contributed by atoms with Gasteiger partial charge >= 0.3 is 12.3 Å². The number of amides is 1. The minimum absolute atomic E-state index is 0.0967. The van der Waals surface area contributed by atoms with Crippen LogP contribution in [-0.4, -0.2) is 40.8 Å². The smallest absolute Gasteiger partial charge is 0.459 e. The zero-order chi connectivity index (χ0) is 25.5. The molecule has 0 fully saturated rings. The Bertz CT molecular complexity index is 1320. The number of hydrogen-bond acceptors (Lipinski definition) is 4. The van der Waals surface area contributed by atoms with Gasteiger partial charge in [0.1, 0.15) is 5.75 Å². The minimum Gasteiger partial charge on any atom is -0.459 e. The Hall–Kier alpha value is -3.75. The molecule has 0 radical (unpaired) electrons. The average molecular weight is 486 g/mol. The molecule has 1 aliphatic rings. The summed E-state index contributed by atoms with van der Waals surface area (Å²) in [7, 11) is 0. The Morgan fingerprint density at radius 3 is 2.40 bits per heavy atom. The zero-order valence-corrected chi connectivity index (χ0v) is 19.7. The summed E-state index contributed by atoms with van der Waals surface area (Å²) in [5.74, 6) is -2.00. The van der Waals surface area contributed by atoms with Gasteiger partial charge in [0, 0.05) is 29.1 Å². The van der Waals surface area contributed by atoms with E-state index in [2.05, 4.69) is 9.72 Å². The maximum absolute atomic E-state index is 13.5. The number of carbonyl (C=O) groups is 2. The summed E-state index contributed by atoms with van der Waals surface area (Å²) in [5, 5.41) is 0.880. The summed E-state index contributed by atoms with van der Waals surface area (Å²) in [6.45, 7) is 7.33. The van der Waals surface area contributed by atoms with Crippen molar-refractivity contribution in [1.29, 1.82) is 0 Å². The Labute approximate surface area is 200 Å². The number of para-hydroxylation sites is 2. The third-order valence-electron chi connectivity index (χ3n) is 5.67. The van der Waals surface area contributed by atoms with E-state index in [1.54, 1.807) is 13.8 Å². The lowest BCUT2D eigenvalue weighted by Crippen LogP contribution is -2.37. The molecule has 2 aromatic carbocycles. The second-order valence-corrected chi connectivity index (χ2v) is 9.28. The molecule has 1 N–H and O–H groups in total. The summed E-state index contributed by atoms with van der Waals surface area (Å²) in [6, 6.07) is 12.7. The van der Waals surface area contributed by atoms with Crippen molar-refractivity contribution in [3.8, 4) is 5.75 Å². The van der Waals surface area contributed by atoms with E-state index in [-0.39, 0.29) is 17.7 Å². The monoisotopic (exact) mass is 486 g/mol. The van der Waals surface area contributed by atoms with Gasteiger partial charge < -0.3 is 19.4 Å². The van der Waals surface area contributed by atoms with Crippen molar-refractivity contribution >= 4 is 28.4 Å². The van der Waals surface area contributed by atoms with Crippen LogP contribution >= 0.6 is 0 Å². The molecule has 1 aromatic heterocycles. The summed E-state index contributed by atoms with van der Waals surface area (Å²) in [6.07, 6.45) is -4.04. The second-order valence-electron chi connectivity index (χ2n) is 9.28. The molecule has 4 rings (SSSR count). The third kappa shape index (κ3) is 4.89. The molecule has 0 spiro atoms. The number of hydrogen-bond donors (Lipinski definition) is 1. The first-order chi connectivity index (χ1) is 16.4. The molecular formula is C26H25F3N2O4. The number of carbonyl (C=O) groups excluding carboxylic acids is 2. The van der Waals surface area contributed by atoms with Crippen LogP contribution in [0.4, 0.5) is 13.2 Å². The van der Waals surface area contributed by atoms with Crippen LogP contribution in [0.25, 0.3) is 16.5 Å². The van der Waals surface area contributed by atoms with Gasteiger partial charge in [0.05, 0.1) is 22.9 Å². The fraction of sp³-hybridized carbons (Fsp3) is 0.308. The normalized spacial score (nSPS) is 15.4. The van der Waals surface area contributed by atoms with E-state index >= 15 is 0 Å². The highest BCUT2D eigenvalue weighted by molar-refractivity contribution is 6.18. The first kappa shape index (κ1) is 24.4. The number of aromatic amines is 1. The van der Waals surface area contributed by atoms with Crippen LogP contribution in [0.2, 0.25) is 0 Å². The van der Waals surface area contributed by atoms with E-state index in [0.29, 0.717) is 5.69 Å². The van der Waals surface area contributed by atoms with Crippen molar-refractivity contribution in [2.75, 3.05) is 6.54 Å². The van der Waals surface area contributed by atoms with Gasteiger partial charge in [-0.25, -0.2) is 4.79 Å². The van der Waals surface area contributed by atoms with Crippen LogP contribution in [0, 0.1) is 0 Å². The van der Waals surface area contributed by atoms with Gasteiger partial charge in [-0.3, -0.25) is 4.79 Å². The SMILES string of the molecule is CC(C)OC(=O)C1=CN(C(=O)c2ccccc2OC(F)(F)F)CC(C)(C)c2c1[nH]c1ccccc21. The van der Waals surface area contributed by atoms with Gasteiger partial charge in [-0.05, 0) is 37.6 Å². The zero-order valence-electron chi connectivity index (χ0n) is 19.7. The van der Waals surface area contributed by atoms with Crippen LogP contribution in [-0.2, 0) is 14.9 Å². The summed E-state index contributed by atoms with van der Waals surface area (Å²) < 4.78 is 48.4. The summed E-state index contributed by atoms with van der Waals surface area (Å²) in [5.41, 5.74) is 1.30. The maximum atomic E-state index is 13.5. The van der Waals surface area contributed by atoms with Gasteiger partial charge in [0.15, 0.2) is 0 Å². The Morgan fingerprint density at radius 1 is 1.06 bits per heavy atom. The van der Waals surface area contributed by atoms with Crippen molar-refractivity contribution in [3.05, 3.63) is 71.6 Å². The predicted molar refractivity (Wildman–Crippen MR) is 125 cm³/mol. The number of ether oxygens (including phenoxy) is 2. The molecule has 0 atom stereocenters. The summed E-state index contributed by atoms with van der Waals surface area (Å²) >= 11 is 0. The molecule has 0 saturated heterocycles. The van der Waals surface area contributed by atoms with E-state index < -0.39 is 35.5 Å². The number of halogens is 3. The highest BCUT2D eigenvalue weighted by atomic mass is 19.4. The Morgan fingerprint density at radius 2 is 1.71 bits per heavy atom. The van der Waals surface area contributed by atoms with Crippen molar-refractivity contribution in [1.82, 2.24) is 9.88 Å². The number of fused-ring (bicyclic) bond motifs is 3. The number of alkyl halides is 3. The number of nitrogens with one attached hydrogen (secondary N) is 1. The predicted octanol–water partition coefficient (Wildman–Crippen LogP) is 5.79. The van der Waals surface area contributed by atoms with E-state index in [4.69, 9.17) is 4.74 Å². The van der Waals surface area contributed by atoms with Crippen molar-refractivity contribution < 1.29 is 32.2 Å². The van der Waals surface area contributed by atoms with E-state index in [9.17, 15) is 22.8 Å². The van der Waals surface area contributed by atoms with Crippen molar-refractivity contribution in [3.63, 3.8) is 0 Å². The highest BCUT2D eigenvalue weighted by Crippen LogP contribution is 2.41. The molecule has 0 bridgehead atoms. The Balaban J connectivity index is 1.87. The number of benzene rings is 2. The first-order valence-corrected chi connectivity index (χ1v) is 11.1. The topological polar surface area (TPSA) is 71.6 Å². The van der Waals surface area contributed by atoms with Crippen LogP contribution in [0.15, 0.2) is 54.7 Å². The van der Waals surface area contributed by atoms with Crippen molar-refractivity contribution in [2.24, 2.45) is 0 Å². The standard InChI is InChI=1S/C26H25F3N2O4/c1-15(2)34-24(33)18-13-31(23(32)17-10-6-8-12-20(17)35-26(27,28)29)14-25(3,4)21-16-9-5-7-11-19(16)30-22(18)21/h5-13,15,30H,14H2,1-4H3. The van der Waals surface area contributed by atoms with Crippen LogP contribution in [0.3, 0.4) is 0 Å². The van der Waals surface area contributed by atoms with Gasteiger partial charge in [-0.2, -0.15) is 0 Å². The highest BCUT2D eigenvalue weighted by Gasteiger charge is 2.39. The fourth-order valence-electron chi connectivity index (χ4n) is 4.39. The lowest BCUT2D eigenvalue weighted by Gasteiger charge is -2.30. The molecule has 1 amide bonds. The lowest BCUT2D eigenvalue weighted by atomic mass is 9.81. The van der Waals surface area contributed by atoms with Crippen LogP contribution in [0.5, 0.6) is 5.75 Å². The minimum atomic E-state index is -4.97.